The van der Waals surface area contributed by atoms with Crippen LogP contribution in [0.5, 0.6) is 35.7 Å². The van der Waals surface area contributed by atoms with Crippen molar-refractivity contribution in [3.8, 4) is 104 Å². The zero-order chi connectivity index (χ0) is 69.5. The van der Waals surface area contributed by atoms with E-state index in [0.29, 0.717) is 140 Å². The standard InChI is InChI=1S/C28H35ClN4O4.C22H26ClN5O2.C22H25ClN4O3.ClH/c1-6-7-8-9-16-37-24-15-12-20(18-30-24)25-31-26(33-27(32-25)35-4)21-17-19(10-13-22(21)29)11-14-23(34)28(2,3)36-5;1-3-4-5-6-11-30-19-10-8-16(14-25-19)20-26-21(28-22(27-20)29-2)17-12-15(13-24)7-9-18(17)23;1-3-4-5-6-11-30-19-10-8-16(13-24-19)20-25-21(27-22(26-20)29-2)17-12-15(14-28)7-9-18(17)23;/h10,12-13,15,17-18H,6-9,11,14,16H2,1-5H3;7-10,12,14H,3-6,11,13,24H2,1-2H3;7-10,12-13,28H,3-6,11,14H2,1-2H3;1H. The molecule has 3 N–H and O–H groups in total. The molecule has 522 valence electrons. The third-order valence-corrected chi connectivity index (χ3v) is 16.2. The summed E-state index contributed by atoms with van der Waals surface area (Å²) in [7, 11) is 6.03. The van der Waals surface area contributed by atoms with Crippen LogP contribution in [0.3, 0.4) is 0 Å². The van der Waals surface area contributed by atoms with E-state index >= 15 is 0 Å². The molecular formula is C72H87Cl4N13O9. The molecule has 0 radical (unpaired) electrons. The molecule has 0 bridgehead atoms. The summed E-state index contributed by atoms with van der Waals surface area (Å²) in [6.45, 7) is 12.3. The number of carbonyl (C=O) groups is 1. The first-order valence-electron chi connectivity index (χ1n) is 32.5. The number of aliphatic hydroxyl groups is 1. The fourth-order valence-electron chi connectivity index (χ4n) is 9.29. The van der Waals surface area contributed by atoms with Gasteiger partial charge in [0.1, 0.15) is 5.60 Å². The molecule has 3 aromatic carbocycles. The third-order valence-electron chi connectivity index (χ3n) is 15.2. The number of aromatic nitrogens is 12. The zero-order valence-electron chi connectivity index (χ0n) is 57.0. The fraction of sp³-hybridized carbons (Fsp3) is 0.403. The van der Waals surface area contributed by atoms with Crippen LogP contribution in [0, 0.1) is 0 Å². The molecule has 0 fully saturated rings. The molecule has 6 heterocycles. The molecule has 0 aliphatic heterocycles. The van der Waals surface area contributed by atoms with Crippen molar-refractivity contribution in [3.63, 3.8) is 0 Å². The number of halogens is 4. The lowest BCUT2D eigenvalue weighted by molar-refractivity contribution is -0.137. The molecule has 0 amide bonds. The van der Waals surface area contributed by atoms with E-state index in [2.05, 4.69) is 80.6 Å². The minimum atomic E-state index is -0.824. The Bertz CT molecular complexity index is 3760. The predicted molar refractivity (Wildman–Crippen MR) is 385 cm³/mol. The number of hydrogen-bond donors (Lipinski definition) is 2. The highest BCUT2D eigenvalue weighted by Gasteiger charge is 2.26. The number of rotatable bonds is 34. The maximum absolute atomic E-state index is 12.5. The van der Waals surface area contributed by atoms with Crippen LogP contribution < -0.4 is 34.2 Å². The average molecular weight is 1420 g/mol. The van der Waals surface area contributed by atoms with Gasteiger partial charge in [0.2, 0.25) is 17.6 Å². The van der Waals surface area contributed by atoms with Gasteiger partial charge in [-0.25, -0.2) is 29.9 Å². The van der Waals surface area contributed by atoms with Crippen LogP contribution in [0.4, 0.5) is 0 Å². The Morgan fingerprint density at radius 2 is 0.786 bits per heavy atom. The summed E-state index contributed by atoms with van der Waals surface area (Å²) in [6, 6.07) is 27.8. The number of carbonyl (C=O) groups excluding carboxylic acids is 1. The monoisotopic (exact) mass is 1420 g/mol. The number of ketones is 1. The van der Waals surface area contributed by atoms with Crippen LogP contribution in [-0.2, 0) is 29.1 Å². The summed E-state index contributed by atoms with van der Waals surface area (Å²) >= 11 is 19.2. The maximum atomic E-state index is 12.5. The van der Waals surface area contributed by atoms with Crippen molar-refractivity contribution in [2.45, 2.75) is 143 Å². The van der Waals surface area contributed by atoms with E-state index in [0.717, 1.165) is 55.2 Å². The molecule has 0 saturated carbocycles. The SMILES string of the molecule is CCCCCCOc1ccc(-c2nc(OC)nc(-c3cc(CCC(=O)C(C)(C)OC)ccc3Cl)n2)cn1.CCCCCCOc1ccc(-c2nc(OC)nc(-c3cc(CN)ccc3Cl)n2)cn1.CCCCCCOc1ccc(-c2nc(OC)nc(-c3cc(CO)ccc3Cl)n2)cn1.Cl. The Morgan fingerprint density at radius 1 is 0.449 bits per heavy atom. The van der Waals surface area contributed by atoms with Gasteiger partial charge in [0.15, 0.2) is 40.7 Å². The highest BCUT2D eigenvalue weighted by molar-refractivity contribution is 6.34. The highest BCUT2D eigenvalue weighted by Crippen LogP contribution is 2.33. The minimum Gasteiger partial charge on any atom is -0.478 e. The number of ether oxygens (including phenoxy) is 7. The van der Waals surface area contributed by atoms with Gasteiger partial charge < -0.3 is 44.0 Å². The second-order valence-electron chi connectivity index (χ2n) is 22.7. The van der Waals surface area contributed by atoms with Crippen LogP contribution in [0.25, 0.3) is 68.3 Å². The Balaban J connectivity index is 0.000000233. The molecule has 0 atom stereocenters. The van der Waals surface area contributed by atoms with E-state index in [1.54, 1.807) is 74.9 Å². The molecule has 0 unspecified atom stereocenters. The zero-order valence-corrected chi connectivity index (χ0v) is 60.1. The van der Waals surface area contributed by atoms with Crippen molar-refractivity contribution in [1.82, 2.24) is 59.8 Å². The molecule has 0 saturated heterocycles. The van der Waals surface area contributed by atoms with Crippen molar-refractivity contribution >= 4 is 53.0 Å². The first kappa shape index (κ1) is 78.6. The third kappa shape index (κ3) is 24.0. The summed E-state index contributed by atoms with van der Waals surface area (Å²) in [5, 5.41) is 10.9. The van der Waals surface area contributed by atoms with Gasteiger partial charge in [-0.05, 0) is 111 Å². The lowest BCUT2D eigenvalue weighted by atomic mass is 9.96. The maximum Gasteiger partial charge on any atom is 0.320 e. The van der Waals surface area contributed by atoms with Crippen LogP contribution in [0.2, 0.25) is 15.1 Å². The number of aryl methyl sites for hydroxylation is 1. The lowest BCUT2D eigenvalue weighted by Crippen LogP contribution is -2.33. The van der Waals surface area contributed by atoms with Gasteiger partial charge in [-0.1, -0.05) is 132 Å². The molecule has 26 heteroatoms. The molecule has 22 nitrogen and oxygen atoms in total. The Labute approximate surface area is 595 Å². The normalized spacial score (nSPS) is 10.9. The minimum absolute atomic E-state index is 0. The number of benzene rings is 3. The predicted octanol–water partition coefficient (Wildman–Crippen LogP) is 16.0. The van der Waals surface area contributed by atoms with Gasteiger partial charge in [0.05, 0.1) is 62.8 Å². The second kappa shape index (κ2) is 41.1. The number of Topliss-reactive ketones (excluding diaryl/α,β-unsaturated/α-hetero) is 1. The second-order valence-corrected chi connectivity index (χ2v) is 24.0. The molecule has 9 aromatic rings. The summed E-state index contributed by atoms with van der Waals surface area (Å²) in [4.78, 5) is 65.5. The Hall–Kier alpha value is -8.35. The highest BCUT2D eigenvalue weighted by atomic mass is 35.5. The van der Waals surface area contributed by atoms with E-state index in [1.165, 1.54) is 67.0 Å². The fourth-order valence-corrected chi connectivity index (χ4v) is 9.89. The van der Waals surface area contributed by atoms with E-state index in [1.807, 2.05) is 48.5 Å². The van der Waals surface area contributed by atoms with Gasteiger partial charge in [0.25, 0.3) is 0 Å². The molecule has 6 aromatic heterocycles. The van der Waals surface area contributed by atoms with Crippen molar-refractivity contribution in [2.24, 2.45) is 5.73 Å². The molecule has 0 aliphatic rings. The first-order valence-corrected chi connectivity index (χ1v) is 33.6. The lowest BCUT2D eigenvalue weighted by Gasteiger charge is -2.21. The van der Waals surface area contributed by atoms with E-state index in [9.17, 15) is 9.90 Å². The van der Waals surface area contributed by atoms with Gasteiger partial charge in [0, 0.05) is 90.2 Å². The van der Waals surface area contributed by atoms with Crippen LogP contribution >= 0.6 is 47.2 Å². The first-order chi connectivity index (χ1) is 47.0. The van der Waals surface area contributed by atoms with Gasteiger partial charge >= 0.3 is 18.0 Å². The molecule has 0 aliphatic carbocycles. The van der Waals surface area contributed by atoms with Gasteiger partial charge in [-0.2, -0.15) is 29.9 Å². The Morgan fingerprint density at radius 3 is 1.10 bits per heavy atom. The molecule has 98 heavy (non-hydrogen) atoms. The topological polar surface area (TPSA) is 283 Å². The summed E-state index contributed by atoms with van der Waals surface area (Å²) in [6.07, 6.45) is 19.6. The van der Waals surface area contributed by atoms with Crippen molar-refractivity contribution < 1.29 is 43.1 Å². The molecule has 0 spiro atoms. The smallest absolute Gasteiger partial charge is 0.320 e. The summed E-state index contributed by atoms with van der Waals surface area (Å²) < 4.78 is 38.3. The number of nitrogens with zero attached hydrogens (tertiary/aromatic N) is 12. The van der Waals surface area contributed by atoms with Gasteiger partial charge in [-0.3, -0.25) is 4.79 Å². The number of pyridine rings is 3. The quantitative estimate of drug-likeness (QED) is 0.0354. The number of methoxy groups -OCH3 is 4. The van der Waals surface area contributed by atoms with E-state index in [-0.39, 0.29) is 42.8 Å². The van der Waals surface area contributed by atoms with E-state index in [4.69, 9.17) is 73.7 Å². The van der Waals surface area contributed by atoms with Crippen molar-refractivity contribution in [2.75, 3.05) is 48.3 Å². The van der Waals surface area contributed by atoms with Crippen LogP contribution in [0.15, 0.2) is 110 Å². The number of aliphatic hydroxyl groups excluding tert-OH is 1. The van der Waals surface area contributed by atoms with Crippen molar-refractivity contribution in [3.05, 3.63) is 141 Å². The summed E-state index contributed by atoms with van der Waals surface area (Å²) in [5.41, 5.74) is 11.5. The van der Waals surface area contributed by atoms with Crippen molar-refractivity contribution in [1.29, 1.82) is 0 Å². The molecular weight excluding hydrogens is 1330 g/mol. The van der Waals surface area contributed by atoms with Crippen LogP contribution in [-0.4, -0.2) is 125 Å². The number of unbranched alkanes of at least 4 members (excludes halogenated alkanes) is 9. The molecule has 9 rings (SSSR count). The van der Waals surface area contributed by atoms with Gasteiger partial charge in [-0.15, -0.1) is 12.4 Å². The Kier molecular flexibility index (Phi) is 33.0. The average Bonchev–Trinajstić information content (AvgIpc) is 0.823. The van der Waals surface area contributed by atoms with E-state index < -0.39 is 5.60 Å². The largest absolute Gasteiger partial charge is 0.478 e. The number of nitrogens with two attached hydrogens (primary N) is 1. The van der Waals surface area contributed by atoms with Crippen LogP contribution in [0.1, 0.15) is 135 Å². The summed E-state index contributed by atoms with van der Waals surface area (Å²) in [5.74, 6) is 4.11. The number of hydrogen-bond acceptors (Lipinski definition) is 22.